The maximum atomic E-state index is 5.16. The molecular weight excluding hydrogens is 486 g/mol. The molecule has 0 bridgehead atoms. The van der Waals surface area contributed by atoms with Crippen molar-refractivity contribution < 1.29 is 0 Å². The molecule has 0 fully saturated rings. The lowest BCUT2D eigenvalue weighted by atomic mass is 9.94. The summed E-state index contributed by atoms with van der Waals surface area (Å²) in [5.74, 6) is 0.729. The number of aromatic nitrogens is 3. The highest BCUT2D eigenvalue weighted by atomic mass is 14.9. The minimum Gasteiger partial charge on any atom is -0.247 e. The number of hydrogen-bond donors (Lipinski definition) is 0. The number of hydrogen-bond acceptors (Lipinski definition) is 3. The van der Waals surface area contributed by atoms with E-state index in [2.05, 4.69) is 109 Å². The van der Waals surface area contributed by atoms with Crippen LogP contribution in [0.5, 0.6) is 0 Å². The van der Waals surface area contributed by atoms with E-state index in [9.17, 15) is 0 Å². The first-order valence-electron chi connectivity index (χ1n) is 13.5. The fourth-order valence-corrected chi connectivity index (χ4v) is 5.74. The van der Waals surface area contributed by atoms with Gasteiger partial charge in [-0.3, -0.25) is 0 Å². The number of pyridine rings is 1. The van der Waals surface area contributed by atoms with E-state index in [4.69, 9.17) is 15.0 Å². The van der Waals surface area contributed by atoms with E-state index in [1.807, 2.05) is 30.3 Å². The maximum absolute atomic E-state index is 5.16. The lowest BCUT2D eigenvalue weighted by Gasteiger charge is -2.13. The normalized spacial score (nSPS) is 11.5. The summed E-state index contributed by atoms with van der Waals surface area (Å²) < 4.78 is 0. The average Bonchev–Trinajstić information content (AvgIpc) is 3.04. The Labute approximate surface area is 231 Å². The van der Waals surface area contributed by atoms with Crippen LogP contribution >= 0.6 is 0 Å². The van der Waals surface area contributed by atoms with Gasteiger partial charge in [-0.1, -0.05) is 127 Å². The van der Waals surface area contributed by atoms with Gasteiger partial charge in [-0.05, 0) is 22.9 Å². The SMILES string of the molecule is c1ccc(-c2nc(-c3ccc(-c4nc5ccccc5c5c4ccc4ccccc45)cc3)c3ccccc3n2)cc1. The molecule has 6 aromatic carbocycles. The van der Waals surface area contributed by atoms with Crippen LogP contribution < -0.4 is 0 Å². The highest BCUT2D eigenvalue weighted by Gasteiger charge is 2.15. The first-order valence-corrected chi connectivity index (χ1v) is 13.5. The van der Waals surface area contributed by atoms with Crippen LogP contribution in [0.25, 0.3) is 77.3 Å². The largest absolute Gasteiger partial charge is 0.247 e. The topological polar surface area (TPSA) is 38.7 Å². The first-order chi connectivity index (χ1) is 19.8. The smallest absolute Gasteiger partial charge is 0.160 e. The van der Waals surface area contributed by atoms with Crippen LogP contribution in [0.4, 0.5) is 0 Å². The predicted molar refractivity (Wildman–Crippen MR) is 166 cm³/mol. The molecule has 0 aliphatic heterocycles. The summed E-state index contributed by atoms with van der Waals surface area (Å²) in [6.45, 7) is 0. The molecule has 0 amide bonds. The second-order valence-corrected chi connectivity index (χ2v) is 10.0. The van der Waals surface area contributed by atoms with Crippen LogP contribution in [0.1, 0.15) is 0 Å². The Hall–Kier alpha value is -5.41. The van der Waals surface area contributed by atoms with Crippen LogP contribution in [0.3, 0.4) is 0 Å². The Kier molecular flexibility index (Phi) is 5.14. The second kappa shape index (κ2) is 9.11. The van der Waals surface area contributed by atoms with Gasteiger partial charge < -0.3 is 0 Å². The lowest BCUT2D eigenvalue weighted by Crippen LogP contribution is -1.95. The van der Waals surface area contributed by atoms with Gasteiger partial charge in [0.25, 0.3) is 0 Å². The van der Waals surface area contributed by atoms with E-state index in [-0.39, 0.29) is 0 Å². The third-order valence-electron chi connectivity index (χ3n) is 7.66. The highest BCUT2D eigenvalue weighted by molar-refractivity contribution is 6.22. The van der Waals surface area contributed by atoms with E-state index in [1.54, 1.807) is 0 Å². The Morgan fingerprint density at radius 3 is 1.65 bits per heavy atom. The molecule has 8 aromatic rings. The van der Waals surface area contributed by atoms with E-state index in [0.717, 1.165) is 55.7 Å². The zero-order valence-electron chi connectivity index (χ0n) is 21.6. The van der Waals surface area contributed by atoms with Crippen LogP contribution in [0.2, 0.25) is 0 Å². The average molecular weight is 510 g/mol. The monoisotopic (exact) mass is 509 g/mol. The van der Waals surface area contributed by atoms with Gasteiger partial charge in [-0.25, -0.2) is 15.0 Å². The molecule has 0 N–H and O–H groups in total. The van der Waals surface area contributed by atoms with E-state index in [1.165, 1.54) is 21.5 Å². The standard InChI is InChI=1S/C37H23N3/c1-2-11-27(12-3-1)37-39-33-17-9-7-15-30(33)35(40-37)25-18-20-26(21-19-25)36-31-23-22-24-10-4-5-13-28(24)34(31)29-14-6-8-16-32(29)38-36/h1-23H. The molecule has 2 heterocycles. The highest BCUT2D eigenvalue weighted by Crippen LogP contribution is 2.38. The maximum Gasteiger partial charge on any atom is 0.160 e. The predicted octanol–water partition coefficient (Wildman–Crippen LogP) is 9.49. The molecule has 0 saturated carbocycles. The second-order valence-electron chi connectivity index (χ2n) is 10.0. The van der Waals surface area contributed by atoms with Crippen molar-refractivity contribution in [3.8, 4) is 33.9 Å². The van der Waals surface area contributed by atoms with Crippen molar-refractivity contribution in [2.24, 2.45) is 0 Å². The minimum atomic E-state index is 0.729. The molecule has 0 saturated heterocycles. The molecule has 0 aliphatic rings. The fraction of sp³-hybridized carbons (Fsp3) is 0. The Balaban J connectivity index is 1.32. The van der Waals surface area contributed by atoms with E-state index >= 15 is 0 Å². The summed E-state index contributed by atoms with van der Waals surface area (Å²) in [5.41, 5.74) is 6.99. The van der Waals surface area contributed by atoms with Crippen molar-refractivity contribution in [2.45, 2.75) is 0 Å². The van der Waals surface area contributed by atoms with Gasteiger partial charge in [-0.15, -0.1) is 0 Å². The third kappa shape index (κ3) is 3.63. The van der Waals surface area contributed by atoms with Crippen molar-refractivity contribution in [3.63, 3.8) is 0 Å². The van der Waals surface area contributed by atoms with Crippen LogP contribution in [-0.4, -0.2) is 15.0 Å². The molecule has 0 spiro atoms. The molecule has 2 aromatic heterocycles. The quantitative estimate of drug-likeness (QED) is 0.223. The van der Waals surface area contributed by atoms with Gasteiger partial charge in [0.1, 0.15) is 0 Å². The molecule has 0 unspecified atom stereocenters. The summed E-state index contributed by atoms with van der Waals surface area (Å²) in [5, 5.41) is 7.10. The summed E-state index contributed by atoms with van der Waals surface area (Å²) in [6, 6.07) is 48.4. The number of nitrogens with zero attached hydrogens (tertiary/aromatic N) is 3. The Bertz CT molecular complexity index is 2190. The molecular formula is C37H23N3. The first kappa shape index (κ1) is 22.6. The van der Waals surface area contributed by atoms with Crippen LogP contribution in [0.15, 0.2) is 140 Å². The van der Waals surface area contributed by atoms with Crippen LogP contribution in [-0.2, 0) is 0 Å². The molecule has 3 heteroatoms. The van der Waals surface area contributed by atoms with E-state index in [0.29, 0.717) is 0 Å². The van der Waals surface area contributed by atoms with Gasteiger partial charge in [0.05, 0.1) is 22.4 Å². The van der Waals surface area contributed by atoms with Crippen molar-refractivity contribution in [3.05, 3.63) is 140 Å². The zero-order valence-corrected chi connectivity index (χ0v) is 21.6. The van der Waals surface area contributed by atoms with Crippen molar-refractivity contribution in [2.75, 3.05) is 0 Å². The van der Waals surface area contributed by atoms with Gasteiger partial charge in [0.2, 0.25) is 0 Å². The van der Waals surface area contributed by atoms with Crippen molar-refractivity contribution >= 4 is 43.4 Å². The zero-order chi connectivity index (χ0) is 26.5. The molecule has 186 valence electrons. The number of benzene rings is 6. The third-order valence-corrected chi connectivity index (χ3v) is 7.66. The molecule has 40 heavy (non-hydrogen) atoms. The van der Waals surface area contributed by atoms with Gasteiger partial charge >= 0.3 is 0 Å². The van der Waals surface area contributed by atoms with Gasteiger partial charge in [0.15, 0.2) is 5.82 Å². The summed E-state index contributed by atoms with van der Waals surface area (Å²) >= 11 is 0. The molecule has 8 rings (SSSR count). The molecule has 0 aliphatic carbocycles. The molecule has 0 radical (unpaired) electrons. The molecule has 3 nitrogen and oxygen atoms in total. The Morgan fingerprint density at radius 1 is 0.325 bits per heavy atom. The van der Waals surface area contributed by atoms with Gasteiger partial charge in [0, 0.05) is 38.2 Å². The van der Waals surface area contributed by atoms with E-state index < -0.39 is 0 Å². The summed E-state index contributed by atoms with van der Waals surface area (Å²) in [7, 11) is 0. The molecule has 0 atom stereocenters. The van der Waals surface area contributed by atoms with Crippen molar-refractivity contribution in [1.82, 2.24) is 15.0 Å². The summed E-state index contributed by atoms with van der Waals surface area (Å²) in [6.07, 6.45) is 0. The minimum absolute atomic E-state index is 0.729. The summed E-state index contributed by atoms with van der Waals surface area (Å²) in [4.78, 5) is 15.1. The fourth-order valence-electron chi connectivity index (χ4n) is 5.74. The lowest BCUT2D eigenvalue weighted by molar-refractivity contribution is 1.23. The van der Waals surface area contributed by atoms with Gasteiger partial charge in [-0.2, -0.15) is 0 Å². The number of fused-ring (bicyclic) bond motifs is 6. The Morgan fingerprint density at radius 2 is 0.900 bits per heavy atom. The van der Waals surface area contributed by atoms with Crippen molar-refractivity contribution in [1.29, 1.82) is 0 Å². The number of para-hydroxylation sites is 2. The van der Waals surface area contributed by atoms with Crippen LogP contribution in [0, 0.1) is 0 Å². The number of rotatable bonds is 3.